The molecule has 0 unspecified atom stereocenters. The number of aromatic hydroxyl groups is 1. The van der Waals surface area contributed by atoms with Gasteiger partial charge in [0, 0.05) is 18.7 Å². The van der Waals surface area contributed by atoms with Gasteiger partial charge in [0.1, 0.15) is 17.2 Å². The Bertz CT molecular complexity index is 751. The van der Waals surface area contributed by atoms with Crippen LogP contribution in [-0.4, -0.2) is 38.4 Å². The number of ether oxygens (including phenoxy) is 2. The van der Waals surface area contributed by atoms with E-state index in [9.17, 15) is 5.11 Å². The summed E-state index contributed by atoms with van der Waals surface area (Å²) in [6.45, 7) is 4.03. The smallest absolute Gasteiger partial charge is 0.191 e. The molecular weight excluding hydrogens is 481 g/mol. The summed E-state index contributed by atoms with van der Waals surface area (Å²) in [4.78, 5) is 4.56. The molecule has 0 saturated carbocycles. The van der Waals surface area contributed by atoms with Gasteiger partial charge in [-0.3, -0.25) is 0 Å². The maximum absolute atomic E-state index is 9.99. The topological polar surface area (TPSA) is 75.1 Å². The molecule has 2 aromatic carbocycles. The van der Waals surface area contributed by atoms with Crippen LogP contribution in [0.15, 0.2) is 47.5 Å². The molecule has 0 bridgehead atoms. The summed E-state index contributed by atoms with van der Waals surface area (Å²) in [6.07, 6.45) is 3.17. The summed E-state index contributed by atoms with van der Waals surface area (Å²) in [5.74, 6) is 2.56. The average molecular weight is 513 g/mol. The molecule has 6 nitrogen and oxygen atoms in total. The van der Waals surface area contributed by atoms with E-state index < -0.39 is 0 Å². The van der Waals surface area contributed by atoms with E-state index in [2.05, 4.69) is 27.8 Å². The SMILES string of the molecule is CCNC(=NCc1cc(OC)ccc1O)NCCCCc1ccc(OC)cc1.I. The van der Waals surface area contributed by atoms with E-state index in [1.807, 2.05) is 19.1 Å². The van der Waals surface area contributed by atoms with E-state index in [1.165, 1.54) is 5.56 Å². The number of unbranched alkanes of at least 4 members (excludes halogenated alkanes) is 1. The number of hydrogen-bond donors (Lipinski definition) is 3. The molecule has 0 radical (unpaired) electrons. The van der Waals surface area contributed by atoms with Gasteiger partial charge < -0.3 is 25.2 Å². The molecule has 3 N–H and O–H groups in total. The van der Waals surface area contributed by atoms with E-state index >= 15 is 0 Å². The van der Waals surface area contributed by atoms with Gasteiger partial charge in [-0.2, -0.15) is 0 Å². The van der Waals surface area contributed by atoms with E-state index in [0.717, 1.165) is 49.6 Å². The number of nitrogens with one attached hydrogen (secondary N) is 2. The van der Waals surface area contributed by atoms with E-state index in [-0.39, 0.29) is 29.7 Å². The van der Waals surface area contributed by atoms with Crippen molar-refractivity contribution in [2.75, 3.05) is 27.3 Å². The van der Waals surface area contributed by atoms with E-state index in [1.54, 1.807) is 32.4 Å². The van der Waals surface area contributed by atoms with Crippen LogP contribution in [0, 0.1) is 0 Å². The summed E-state index contributed by atoms with van der Waals surface area (Å²) >= 11 is 0. The predicted octanol–water partition coefficient (Wildman–Crippen LogP) is 4.11. The van der Waals surface area contributed by atoms with Crippen molar-refractivity contribution in [3.8, 4) is 17.2 Å². The third-order valence-electron chi connectivity index (χ3n) is 4.38. The number of hydrogen-bond acceptors (Lipinski definition) is 4. The lowest BCUT2D eigenvalue weighted by molar-refractivity contribution is 0.411. The fraction of sp³-hybridized carbons (Fsp3) is 0.409. The molecular formula is C22H32IN3O3. The molecule has 0 heterocycles. The fourth-order valence-electron chi connectivity index (χ4n) is 2.77. The Morgan fingerprint density at radius 3 is 2.31 bits per heavy atom. The largest absolute Gasteiger partial charge is 0.508 e. The van der Waals surface area contributed by atoms with Gasteiger partial charge in [-0.15, -0.1) is 24.0 Å². The van der Waals surface area contributed by atoms with Crippen molar-refractivity contribution in [1.29, 1.82) is 0 Å². The summed E-state index contributed by atoms with van der Waals surface area (Å²) in [7, 11) is 3.29. The van der Waals surface area contributed by atoms with Crippen molar-refractivity contribution in [3.63, 3.8) is 0 Å². The van der Waals surface area contributed by atoms with Crippen LogP contribution in [0.2, 0.25) is 0 Å². The summed E-state index contributed by atoms with van der Waals surface area (Å²) in [5, 5.41) is 16.6. The molecule has 29 heavy (non-hydrogen) atoms. The number of halogens is 1. The second-order valence-electron chi connectivity index (χ2n) is 6.42. The second kappa shape index (κ2) is 13.9. The van der Waals surface area contributed by atoms with Gasteiger partial charge in [0.15, 0.2) is 5.96 Å². The highest BCUT2D eigenvalue weighted by Gasteiger charge is 2.04. The van der Waals surface area contributed by atoms with Crippen molar-refractivity contribution < 1.29 is 14.6 Å². The lowest BCUT2D eigenvalue weighted by Crippen LogP contribution is -2.37. The first-order valence-corrected chi connectivity index (χ1v) is 9.67. The fourth-order valence-corrected chi connectivity index (χ4v) is 2.77. The molecule has 160 valence electrons. The highest BCUT2D eigenvalue weighted by molar-refractivity contribution is 14.0. The van der Waals surface area contributed by atoms with Gasteiger partial charge >= 0.3 is 0 Å². The number of methoxy groups -OCH3 is 2. The van der Waals surface area contributed by atoms with Crippen LogP contribution in [0.25, 0.3) is 0 Å². The number of phenols is 1. The quantitative estimate of drug-likeness (QED) is 0.193. The number of benzene rings is 2. The van der Waals surface area contributed by atoms with Gasteiger partial charge in [-0.25, -0.2) is 4.99 Å². The molecule has 0 saturated heterocycles. The number of guanidine groups is 1. The average Bonchev–Trinajstić information content (AvgIpc) is 2.73. The van der Waals surface area contributed by atoms with Crippen molar-refractivity contribution in [3.05, 3.63) is 53.6 Å². The summed E-state index contributed by atoms with van der Waals surface area (Å²) < 4.78 is 10.4. The summed E-state index contributed by atoms with van der Waals surface area (Å²) in [6, 6.07) is 13.4. The number of rotatable bonds is 10. The molecule has 0 spiro atoms. The normalized spacial score (nSPS) is 10.8. The Labute approximate surface area is 190 Å². The predicted molar refractivity (Wildman–Crippen MR) is 129 cm³/mol. The highest BCUT2D eigenvalue weighted by Crippen LogP contribution is 2.23. The first kappa shape index (κ1) is 24.9. The zero-order valence-electron chi connectivity index (χ0n) is 17.4. The Morgan fingerprint density at radius 1 is 0.966 bits per heavy atom. The van der Waals surface area contributed by atoms with Crippen LogP contribution >= 0.6 is 24.0 Å². The molecule has 0 aliphatic carbocycles. The number of aliphatic imine (C=N–C) groups is 1. The molecule has 7 heteroatoms. The molecule has 2 rings (SSSR count). The molecule has 0 aliphatic heterocycles. The second-order valence-corrected chi connectivity index (χ2v) is 6.42. The van der Waals surface area contributed by atoms with Gasteiger partial charge in [0.2, 0.25) is 0 Å². The van der Waals surface area contributed by atoms with Crippen molar-refractivity contribution in [2.24, 2.45) is 4.99 Å². The number of nitrogens with zero attached hydrogens (tertiary/aromatic N) is 1. The highest BCUT2D eigenvalue weighted by atomic mass is 127. The lowest BCUT2D eigenvalue weighted by atomic mass is 10.1. The molecule has 2 aromatic rings. The number of aryl methyl sites for hydroxylation is 1. The van der Waals surface area contributed by atoms with Gasteiger partial charge in [-0.1, -0.05) is 12.1 Å². The molecule has 0 aliphatic rings. The molecule has 0 atom stereocenters. The van der Waals surface area contributed by atoms with Gasteiger partial charge in [0.05, 0.1) is 20.8 Å². The Kier molecular flexibility index (Phi) is 11.9. The number of phenolic OH excluding ortho intramolecular Hbond substituents is 1. The monoisotopic (exact) mass is 513 g/mol. The lowest BCUT2D eigenvalue weighted by Gasteiger charge is -2.12. The Morgan fingerprint density at radius 2 is 1.66 bits per heavy atom. The zero-order valence-corrected chi connectivity index (χ0v) is 19.7. The Balaban J connectivity index is 0.00000420. The van der Waals surface area contributed by atoms with Crippen molar-refractivity contribution >= 4 is 29.9 Å². The van der Waals surface area contributed by atoms with E-state index in [4.69, 9.17) is 9.47 Å². The summed E-state index contributed by atoms with van der Waals surface area (Å²) in [5.41, 5.74) is 2.05. The zero-order chi connectivity index (χ0) is 20.2. The van der Waals surface area contributed by atoms with Crippen LogP contribution < -0.4 is 20.1 Å². The maximum atomic E-state index is 9.99. The Hall–Kier alpha value is -2.16. The molecule has 0 amide bonds. The van der Waals surface area contributed by atoms with Gasteiger partial charge in [-0.05, 0) is 62.1 Å². The third-order valence-corrected chi connectivity index (χ3v) is 4.38. The van der Waals surface area contributed by atoms with Crippen LogP contribution in [0.1, 0.15) is 30.9 Å². The standard InChI is InChI=1S/C22H31N3O3.HI/c1-4-23-22(25-16-18-15-20(28-3)12-13-21(18)26)24-14-6-5-7-17-8-10-19(27-2)11-9-17;/h8-13,15,26H,4-7,14,16H2,1-3H3,(H2,23,24,25);1H. The maximum Gasteiger partial charge on any atom is 0.191 e. The molecule has 0 fully saturated rings. The third kappa shape index (κ3) is 8.81. The van der Waals surface area contributed by atoms with E-state index in [0.29, 0.717) is 12.3 Å². The van der Waals surface area contributed by atoms with Crippen LogP contribution in [-0.2, 0) is 13.0 Å². The minimum atomic E-state index is 0. The minimum Gasteiger partial charge on any atom is -0.508 e. The first-order valence-electron chi connectivity index (χ1n) is 9.67. The van der Waals surface area contributed by atoms with Crippen LogP contribution in [0.3, 0.4) is 0 Å². The van der Waals surface area contributed by atoms with Crippen LogP contribution in [0.4, 0.5) is 0 Å². The van der Waals surface area contributed by atoms with Crippen molar-refractivity contribution in [1.82, 2.24) is 10.6 Å². The first-order chi connectivity index (χ1) is 13.7. The van der Waals surface area contributed by atoms with Crippen LogP contribution in [0.5, 0.6) is 17.2 Å². The van der Waals surface area contributed by atoms with Crippen molar-refractivity contribution in [2.45, 2.75) is 32.7 Å². The molecule has 0 aromatic heterocycles. The van der Waals surface area contributed by atoms with Gasteiger partial charge in [0.25, 0.3) is 0 Å². The minimum absolute atomic E-state index is 0.